The summed E-state index contributed by atoms with van der Waals surface area (Å²) in [5, 5.41) is 2.23. The fourth-order valence-electron chi connectivity index (χ4n) is 5.25. The number of benzene rings is 3. The minimum Gasteiger partial charge on any atom is -0.496 e. The number of rotatable bonds is 8. The van der Waals surface area contributed by atoms with E-state index in [0.29, 0.717) is 5.92 Å². The summed E-state index contributed by atoms with van der Waals surface area (Å²) in [7, 11) is 3.47. The van der Waals surface area contributed by atoms with Crippen molar-refractivity contribution in [2.45, 2.75) is 46.1 Å². The van der Waals surface area contributed by atoms with Gasteiger partial charge in [-0.25, -0.2) is 0 Å². The fourth-order valence-corrected chi connectivity index (χ4v) is 5.25. The monoisotopic (exact) mass is 442 g/mol. The molecule has 0 N–H and O–H groups in total. The average Bonchev–Trinajstić information content (AvgIpc) is 2.86. The molecule has 3 aromatic carbocycles. The lowest BCUT2D eigenvalue weighted by molar-refractivity contribution is -0.652. The topological polar surface area (TPSA) is 31.6 Å². The fraction of sp³-hybridized carbons (Fsp3) is 0.345. The van der Waals surface area contributed by atoms with Crippen LogP contribution >= 0.6 is 0 Å². The molecule has 1 aliphatic heterocycles. The summed E-state index contributed by atoms with van der Waals surface area (Å²) >= 11 is 0. The van der Waals surface area contributed by atoms with Gasteiger partial charge >= 0.3 is 0 Å². The molecule has 1 atom stereocenters. The molecule has 0 aliphatic carbocycles. The standard InChI is InChI=1S/C29H32NO3/c1-5-7-11-19(6-2)18-30-20-12-8-14-22(31-3)26(20)29-27-21(30)13-9-16-24(27)33-25-17-10-15-23(32-4)28(25)29/h8-10,12-17,19H,5-7,11,18H2,1-4H3/q+1/t19-/m1/s1. The molecule has 0 bridgehead atoms. The van der Waals surface area contributed by atoms with E-state index < -0.39 is 0 Å². The number of ether oxygens (including phenoxy) is 3. The Morgan fingerprint density at radius 2 is 1.45 bits per heavy atom. The van der Waals surface area contributed by atoms with Gasteiger partial charge < -0.3 is 14.2 Å². The van der Waals surface area contributed by atoms with Gasteiger partial charge in [0.15, 0.2) is 6.54 Å². The van der Waals surface area contributed by atoms with Gasteiger partial charge in [-0.05, 0) is 37.1 Å². The number of nitrogens with zero attached hydrogens (tertiary/aromatic N) is 1. The quantitative estimate of drug-likeness (QED) is 0.187. The van der Waals surface area contributed by atoms with Gasteiger partial charge in [-0.2, -0.15) is 4.57 Å². The third kappa shape index (κ3) is 3.49. The van der Waals surface area contributed by atoms with E-state index in [2.05, 4.69) is 54.8 Å². The minimum atomic E-state index is 0.618. The number of aromatic nitrogens is 1. The Kier molecular flexibility index (Phi) is 5.84. The van der Waals surface area contributed by atoms with Crippen molar-refractivity contribution >= 4 is 21.8 Å². The smallest absolute Gasteiger partial charge is 0.217 e. The van der Waals surface area contributed by atoms with E-state index in [4.69, 9.17) is 14.2 Å². The molecule has 0 unspecified atom stereocenters. The van der Waals surface area contributed by atoms with Crippen LogP contribution in [0, 0.1) is 5.92 Å². The molecule has 0 fully saturated rings. The third-order valence-corrected chi connectivity index (χ3v) is 6.97. The van der Waals surface area contributed by atoms with Crippen LogP contribution in [0.3, 0.4) is 0 Å². The first-order valence-corrected chi connectivity index (χ1v) is 12.0. The highest BCUT2D eigenvalue weighted by molar-refractivity contribution is 6.15. The number of methoxy groups -OCH3 is 2. The molecule has 0 radical (unpaired) electrons. The van der Waals surface area contributed by atoms with Gasteiger partial charge in [0.05, 0.1) is 30.6 Å². The lowest BCUT2D eigenvalue weighted by atomic mass is 9.91. The molecule has 0 spiro atoms. The first-order valence-electron chi connectivity index (χ1n) is 12.0. The van der Waals surface area contributed by atoms with Crippen LogP contribution in [0.15, 0.2) is 54.6 Å². The highest BCUT2D eigenvalue weighted by Crippen LogP contribution is 2.53. The number of unbranched alkanes of at least 4 members (excludes halogenated alkanes) is 1. The van der Waals surface area contributed by atoms with Gasteiger partial charge in [-0.15, -0.1) is 0 Å². The normalized spacial score (nSPS) is 13.0. The van der Waals surface area contributed by atoms with Crippen LogP contribution in [0.2, 0.25) is 0 Å². The predicted octanol–water partition coefficient (Wildman–Crippen LogP) is 7.29. The van der Waals surface area contributed by atoms with Gasteiger partial charge in [0.25, 0.3) is 0 Å². The second-order valence-corrected chi connectivity index (χ2v) is 8.84. The molecule has 0 amide bonds. The van der Waals surface area contributed by atoms with Crippen molar-refractivity contribution in [1.82, 2.24) is 0 Å². The van der Waals surface area contributed by atoms with E-state index in [1.807, 2.05) is 18.2 Å². The Morgan fingerprint density at radius 3 is 2.18 bits per heavy atom. The van der Waals surface area contributed by atoms with E-state index in [-0.39, 0.29) is 0 Å². The lowest BCUT2D eigenvalue weighted by Crippen LogP contribution is -2.39. The van der Waals surface area contributed by atoms with Crippen molar-refractivity contribution in [2.75, 3.05) is 14.2 Å². The summed E-state index contributed by atoms with van der Waals surface area (Å²) in [5.41, 5.74) is 4.49. The molecule has 1 aromatic heterocycles. The maximum absolute atomic E-state index is 6.43. The van der Waals surface area contributed by atoms with Gasteiger partial charge in [0.1, 0.15) is 23.0 Å². The van der Waals surface area contributed by atoms with Gasteiger partial charge in [0.2, 0.25) is 11.0 Å². The van der Waals surface area contributed by atoms with Crippen LogP contribution in [0.1, 0.15) is 39.5 Å². The zero-order valence-corrected chi connectivity index (χ0v) is 20.0. The van der Waals surface area contributed by atoms with E-state index in [9.17, 15) is 0 Å². The molecular weight excluding hydrogens is 410 g/mol. The Labute approximate surface area is 195 Å². The Bertz CT molecular complexity index is 1330. The second-order valence-electron chi connectivity index (χ2n) is 8.84. The molecular formula is C29H32NO3+. The SMILES string of the molecule is CCCC[C@@H](CC)C[n+]1c2cccc(OC)c2c2c3c(cccc31)Oc1cccc(OC)c1-2. The summed E-state index contributed by atoms with van der Waals surface area (Å²) < 4.78 is 20.6. The molecule has 4 aromatic rings. The van der Waals surface area contributed by atoms with E-state index in [1.165, 1.54) is 30.3 Å². The molecule has 2 heterocycles. The van der Waals surface area contributed by atoms with Gasteiger partial charge in [0, 0.05) is 23.6 Å². The van der Waals surface area contributed by atoms with Crippen LogP contribution in [0.5, 0.6) is 23.0 Å². The van der Waals surface area contributed by atoms with Crippen molar-refractivity contribution in [3.63, 3.8) is 0 Å². The Morgan fingerprint density at radius 1 is 0.788 bits per heavy atom. The summed E-state index contributed by atoms with van der Waals surface area (Å²) in [6, 6.07) is 18.7. The zero-order chi connectivity index (χ0) is 22.9. The minimum absolute atomic E-state index is 0.618. The van der Waals surface area contributed by atoms with Gasteiger partial charge in [-0.3, -0.25) is 0 Å². The van der Waals surface area contributed by atoms with Crippen molar-refractivity contribution in [1.29, 1.82) is 0 Å². The largest absolute Gasteiger partial charge is 0.496 e. The molecule has 0 saturated carbocycles. The first-order chi connectivity index (χ1) is 16.2. The van der Waals surface area contributed by atoms with Crippen LogP contribution in [0.25, 0.3) is 32.9 Å². The van der Waals surface area contributed by atoms with Crippen LogP contribution in [0.4, 0.5) is 0 Å². The molecule has 33 heavy (non-hydrogen) atoms. The van der Waals surface area contributed by atoms with Gasteiger partial charge in [-0.1, -0.05) is 44.9 Å². The Hall–Kier alpha value is -3.27. The predicted molar refractivity (Wildman–Crippen MR) is 134 cm³/mol. The number of fused-ring (bicyclic) bond motifs is 4. The lowest BCUT2D eigenvalue weighted by Gasteiger charge is -2.24. The molecule has 4 heteroatoms. The molecule has 0 saturated heterocycles. The average molecular weight is 443 g/mol. The summed E-state index contributed by atoms with van der Waals surface area (Å²) in [6.07, 6.45) is 4.88. The highest BCUT2D eigenvalue weighted by Gasteiger charge is 2.33. The van der Waals surface area contributed by atoms with Crippen molar-refractivity contribution in [3.05, 3.63) is 54.6 Å². The highest BCUT2D eigenvalue weighted by atomic mass is 16.5. The summed E-state index contributed by atoms with van der Waals surface area (Å²) in [6.45, 7) is 5.54. The number of hydrogen-bond donors (Lipinski definition) is 0. The van der Waals surface area contributed by atoms with E-state index in [0.717, 1.165) is 57.9 Å². The zero-order valence-electron chi connectivity index (χ0n) is 20.0. The molecule has 1 aliphatic rings. The van der Waals surface area contributed by atoms with Crippen LogP contribution in [-0.2, 0) is 6.54 Å². The molecule has 4 nitrogen and oxygen atoms in total. The van der Waals surface area contributed by atoms with Crippen LogP contribution < -0.4 is 18.8 Å². The first kappa shape index (κ1) is 21.6. The summed E-state index contributed by atoms with van der Waals surface area (Å²) in [4.78, 5) is 0. The summed E-state index contributed by atoms with van der Waals surface area (Å²) in [5.74, 6) is 3.99. The molecule has 170 valence electrons. The van der Waals surface area contributed by atoms with E-state index in [1.54, 1.807) is 14.2 Å². The maximum Gasteiger partial charge on any atom is 0.217 e. The van der Waals surface area contributed by atoms with Crippen molar-refractivity contribution in [2.24, 2.45) is 5.92 Å². The maximum atomic E-state index is 6.43. The second kappa shape index (κ2) is 8.93. The van der Waals surface area contributed by atoms with Crippen molar-refractivity contribution < 1.29 is 18.8 Å². The van der Waals surface area contributed by atoms with Crippen LogP contribution in [-0.4, -0.2) is 14.2 Å². The molecule has 5 rings (SSSR count). The number of hydrogen-bond acceptors (Lipinski definition) is 3. The van der Waals surface area contributed by atoms with E-state index >= 15 is 0 Å². The van der Waals surface area contributed by atoms with Crippen molar-refractivity contribution in [3.8, 4) is 34.1 Å². The third-order valence-electron chi connectivity index (χ3n) is 6.97. The Balaban J connectivity index is 1.90. The number of pyridine rings is 1.